The van der Waals surface area contributed by atoms with Crippen LogP contribution < -0.4 is 0 Å². The first kappa shape index (κ1) is 64.1. The predicted octanol–water partition coefficient (Wildman–Crippen LogP) is -16.3. The zero-order chi connectivity index (χ0) is 57.3. The standard InChI is InChI=1S/C42H72O36/c43-1-8-16(51)23(58)30(36(65)66-8)73-38-32(25(60)18(53)10(3-45)68-38)75-40-34(27(62)20(55)12(5-47)70-40)77-42-35(28(63)21(56)14(7-49)72-42)78-41-33(26(61)19(54)13(6-48)71-41)76-39-31(24(59)17(52)11(4-46)69-39)74-37-29(64)22(57)15(50)9(2-44)67-37/h8-65H,1-7H2/t8-,9-,10-,11-,12-,13-,14-,15-,16-,17-,18-,19-,20-,21-,22+,23+,24-,25+,26+,27+,28+,29-,30-,31-,32-,33-,34-,35-,36-,37+,38+,39+,40+,41+,42+/m1/s1. The van der Waals surface area contributed by atoms with Crippen LogP contribution in [0.4, 0.5) is 0 Å². The van der Waals surface area contributed by atoms with Crippen molar-refractivity contribution in [2.45, 2.75) is 215 Å². The highest BCUT2D eigenvalue weighted by atomic mass is 16.8. The van der Waals surface area contributed by atoms with Crippen LogP contribution in [0, 0.1) is 0 Å². The minimum Gasteiger partial charge on any atom is -0.394 e. The van der Waals surface area contributed by atoms with E-state index in [-0.39, 0.29) is 0 Å². The Balaban J connectivity index is 1.20. The van der Waals surface area contributed by atoms with Gasteiger partial charge in [0.2, 0.25) is 0 Å². The lowest BCUT2D eigenvalue weighted by Crippen LogP contribution is -2.69. The van der Waals surface area contributed by atoms with Crippen molar-refractivity contribution >= 4 is 0 Å². The van der Waals surface area contributed by atoms with Gasteiger partial charge in [0.05, 0.1) is 46.2 Å². The molecule has 7 aliphatic heterocycles. The first-order chi connectivity index (χ1) is 37.0. The normalized spacial score (nSPS) is 53.5. The number of rotatable bonds is 19. The van der Waals surface area contributed by atoms with Gasteiger partial charge in [-0.15, -0.1) is 0 Å². The van der Waals surface area contributed by atoms with E-state index in [2.05, 4.69) is 0 Å². The highest BCUT2D eigenvalue weighted by Gasteiger charge is 2.59. The summed E-state index contributed by atoms with van der Waals surface area (Å²) in [5.41, 5.74) is 0. The van der Waals surface area contributed by atoms with Gasteiger partial charge >= 0.3 is 0 Å². The quantitative estimate of drug-likeness (QED) is 0.0571. The molecule has 7 rings (SSSR count). The van der Waals surface area contributed by atoms with E-state index in [9.17, 15) is 117 Å². The van der Waals surface area contributed by atoms with E-state index in [4.69, 9.17) is 61.6 Å². The van der Waals surface area contributed by atoms with E-state index < -0.39 is 261 Å². The minimum atomic E-state index is -2.34. The molecular formula is C42H72O36. The molecule has 35 atom stereocenters. The zero-order valence-electron chi connectivity index (χ0n) is 40.8. The minimum absolute atomic E-state index is 0.890. The van der Waals surface area contributed by atoms with Crippen LogP contribution in [0.2, 0.25) is 0 Å². The van der Waals surface area contributed by atoms with Crippen LogP contribution in [0.3, 0.4) is 0 Å². The molecule has 7 saturated heterocycles. The second-order valence-corrected chi connectivity index (χ2v) is 19.6. The Morgan fingerprint density at radius 3 is 0.615 bits per heavy atom. The van der Waals surface area contributed by atoms with Crippen LogP contribution in [0.1, 0.15) is 0 Å². The van der Waals surface area contributed by atoms with E-state index in [0.29, 0.717) is 0 Å². The summed E-state index contributed by atoms with van der Waals surface area (Å²) in [6.07, 6.45) is -72.5. The lowest BCUT2D eigenvalue weighted by Gasteiger charge is -2.51. The molecule has 7 fully saturated rings. The van der Waals surface area contributed by atoms with Gasteiger partial charge < -0.3 is 179 Å². The molecule has 0 amide bonds. The summed E-state index contributed by atoms with van der Waals surface area (Å²) < 4.78 is 74.3. The van der Waals surface area contributed by atoms with Gasteiger partial charge in [-0.1, -0.05) is 0 Å². The van der Waals surface area contributed by atoms with Crippen molar-refractivity contribution < 1.29 is 179 Å². The van der Waals surface area contributed by atoms with Crippen molar-refractivity contribution in [2.75, 3.05) is 46.2 Å². The highest BCUT2D eigenvalue weighted by Crippen LogP contribution is 2.39. The largest absolute Gasteiger partial charge is 0.394 e. The summed E-state index contributed by atoms with van der Waals surface area (Å²) in [5.74, 6) is 0. The third-order valence-electron chi connectivity index (χ3n) is 14.6. The molecule has 0 aliphatic carbocycles. The molecule has 7 aliphatic rings. The fourth-order valence-corrected chi connectivity index (χ4v) is 9.88. The van der Waals surface area contributed by atoms with E-state index in [0.717, 1.165) is 0 Å². The smallest absolute Gasteiger partial charge is 0.187 e. The predicted molar refractivity (Wildman–Crippen MR) is 232 cm³/mol. The van der Waals surface area contributed by atoms with Gasteiger partial charge in [-0.25, -0.2) is 0 Å². The summed E-state index contributed by atoms with van der Waals surface area (Å²) >= 11 is 0. The first-order valence-corrected chi connectivity index (χ1v) is 24.7. The number of aliphatic hydroxyl groups is 23. The molecule has 0 saturated carbocycles. The van der Waals surface area contributed by atoms with Crippen LogP contribution in [0.5, 0.6) is 0 Å². The lowest BCUT2D eigenvalue weighted by molar-refractivity contribution is -0.420. The zero-order valence-corrected chi connectivity index (χ0v) is 40.8. The molecule has 36 heteroatoms. The Morgan fingerprint density at radius 2 is 0.372 bits per heavy atom. The summed E-state index contributed by atoms with van der Waals surface area (Å²) in [6.45, 7) is -7.18. The Bertz CT molecular complexity index is 1820. The van der Waals surface area contributed by atoms with Gasteiger partial charge in [0.1, 0.15) is 171 Å². The van der Waals surface area contributed by atoms with Gasteiger partial charge in [-0.3, -0.25) is 0 Å². The maximum absolute atomic E-state index is 11.7. The van der Waals surface area contributed by atoms with Crippen LogP contribution >= 0.6 is 0 Å². The Kier molecular flexibility index (Phi) is 22.6. The van der Waals surface area contributed by atoms with Crippen LogP contribution in [0.25, 0.3) is 0 Å². The fraction of sp³-hybridized carbons (Fsp3) is 1.00. The third kappa shape index (κ3) is 12.9. The monoisotopic (exact) mass is 1150 g/mol. The summed E-state index contributed by atoms with van der Waals surface area (Å²) in [4.78, 5) is 0. The molecule has 23 N–H and O–H groups in total. The maximum atomic E-state index is 11.7. The molecular weight excluding hydrogens is 1080 g/mol. The van der Waals surface area contributed by atoms with Gasteiger partial charge in [0, 0.05) is 0 Å². The molecule has 0 bridgehead atoms. The average Bonchev–Trinajstić information content (AvgIpc) is 3.43. The molecule has 78 heavy (non-hydrogen) atoms. The van der Waals surface area contributed by atoms with Crippen LogP contribution in [-0.4, -0.2) is 379 Å². The molecule has 0 unspecified atom stereocenters. The molecule has 456 valence electrons. The fourth-order valence-electron chi connectivity index (χ4n) is 9.88. The second-order valence-electron chi connectivity index (χ2n) is 19.6. The van der Waals surface area contributed by atoms with Gasteiger partial charge in [-0.2, -0.15) is 0 Å². The highest BCUT2D eigenvalue weighted by molar-refractivity contribution is 5.01. The van der Waals surface area contributed by atoms with Crippen LogP contribution in [-0.2, 0) is 61.6 Å². The molecule has 7 heterocycles. The van der Waals surface area contributed by atoms with Crippen molar-refractivity contribution in [3.63, 3.8) is 0 Å². The van der Waals surface area contributed by atoms with Gasteiger partial charge in [-0.05, 0) is 0 Å². The summed E-state index contributed by atoms with van der Waals surface area (Å²) in [7, 11) is 0. The molecule has 0 aromatic heterocycles. The van der Waals surface area contributed by atoms with Crippen molar-refractivity contribution in [3.8, 4) is 0 Å². The summed E-state index contributed by atoms with van der Waals surface area (Å²) in [6, 6.07) is 0. The SMILES string of the molecule is OC[C@H]1O[C@@H](O[C@H]2[C@H](O[C@H]3[C@H](O[C@H]4[C@H](O[C@H]5[C@H](O[C@H]6[C@H](O[C@@H]7[C@@H](O)[C@H](O)[C@@H](CO)O[C@H]7O)O[C@H](CO)[C@@H](O)[C@@H]6O)O[C@H](CO)[C@@H](O)[C@@H]5O)O[C@H](CO)[C@@H](O)[C@@H]4O)O[C@H](CO)[C@@H](O)[C@@H]3O)O[C@H](CO)[C@@H](O)[C@H]2O)[C@H](O)[C@@H](O)[C@@H]1O. The van der Waals surface area contributed by atoms with E-state index in [1.165, 1.54) is 0 Å². The molecule has 36 nitrogen and oxygen atoms in total. The van der Waals surface area contributed by atoms with Crippen molar-refractivity contribution in [3.05, 3.63) is 0 Å². The van der Waals surface area contributed by atoms with E-state index >= 15 is 0 Å². The van der Waals surface area contributed by atoms with Crippen molar-refractivity contribution in [1.82, 2.24) is 0 Å². The number of hydrogen-bond acceptors (Lipinski definition) is 36. The number of ether oxygens (including phenoxy) is 13. The topological polar surface area (TPSA) is 585 Å². The van der Waals surface area contributed by atoms with Crippen LogP contribution in [0.15, 0.2) is 0 Å². The van der Waals surface area contributed by atoms with Crippen molar-refractivity contribution in [1.29, 1.82) is 0 Å². The second kappa shape index (κ2) is 27.5. The Hall–Kier alpha value is -1.44. The first-order valence-electron chi connectivity index (χ1n) is 24.7. The average molecular weight is 1150 g/mol. The third-order valence-corrected chi connectivity index (χ3v) is 14.6. The van der Waals surface area contributed by atoms with Gasteiger partial charge in [0.15, 0.2) is 44.0 Å². The lowest BCUT2D eigenvalue weighted by atomic mass is 9.95. The van der Waals surface area contributed by atoms with Gasteiger partial charge in [0.25, 0.3) is 0 Å². The van der Waals surface area contributed by atoms with E-state index in [1.807, 2.05) is 0 Å². The molecule has 0 aromatic carbocycles. The Labute approximate surface area is 439 Å². The summed E-state index contributed by atoms with van der Waals surface area (Å²) in [5, 5.41) is 246. The Morgan fingerprint density at radius 1 is 0.192 bits per heavy atom. The van der Waals surface area contributed by atoms with Crippen molar-refractivity contribution in [2.24, 2.45) is 0 Å². The number of aliphatic hydroxyl groups excluding tert-OH is 23. The number of hydrogen-bond donors (Lipinski definition) is 23. The van der Waals surface area contributed by atoms with E-state index in [1.54, 1.807) is 0 Å². The molecule has 0 aromatic rings. The molecule has 0 spiro atoms. The maximum Gasteiger partial charge on any atom is 0.187 e. The molecule has 0 radical (unpaired) electrons.